The van der Waals surface area contributed by atoms with E-state index in [1.54, 1.807) is 18.2 Å². The quantitative estimate of drug-likeness (QED) is 0.397. The van der Waals surface area contributed by atoms with Crippen LogP contribution in [0.5, 0.6) is 11.5 Å². The molecule has 7 nitrogen and oxygen atoms in total. The van der Waals surface area contributed by atoms with E-state index >= 15 is 0 Å². The monoisotopic (exact) mass is 493 g/mol. The first-order valence-corrected chi connectivity index (χ1v) is 11.4. The van der Waals surface area contributed by atoms with E-state index in [4.69, 9.17) is 21.1 Å². The Bertz CT molecular complexity index is 1440. The molecule has 0 spiro atoms. The second-order valence-corrected chi connectivity index (χ2v) is 9.09. The van der Waals surface area contributed by atoms with Gasteiger partial charge in [0.15, 0.2) is 28.8 Å². The summed E-state index contributed by atoms with van der Waals surface area (Å²) in [6.07, 6.45) is 2.71. The summed E-state index contributed by atoms with van der Waals surface area (Å²) in [6, 6.07) is 10.4. The van der Waals surface area contributed by atoms with Crippen LogP contribution in [0.1, 0.15) is 5.56 Å². The standard InChI is InChI=1S/C22H18ClF2N3O4S/c1-31-17-10-16(24)20(19(25)21(17)32-2)26-11-13-12-27-22-15(18(13)23)8-9-28(22)33(29,30)14-6-4-3-5-7-14/h3-10,12,26H,11H2,1-2H3. The summed E-state index contributed by atoms with van der Waals surface area (Å²) in [5.41, 5.74) is 0.122. The predicted octanol–water partition coefficient (Wildman–Crippen LogP) is 4.83. The van der Waals surface area contributed by atoms with Gasteiger partial charge in [0.25, 0.3) is 10.0 Å². The fourth-order valence-electron chi connectivity index (χ4n) is 3.36. The van der Waals surface area contributed by atoms with E-state index in [9.17, 15) is 17.2 Å². The van der Waals surface area contributed by atoms with Crippen molar-refractivity contribution in [3.63, 3.8) is 0 Å². The number of pyridine rings is 1. The summed E-state index contributed by atoms with van der Waals surface area (Å²) in [4.78, 5) is 4.34. The predicted molar refractivity (Wildman–Crippen MR) is 121 cm³/mol. The lowest BCUT2D eigenvalue weighted by Crippen LogP contribution is -2.12. The summed E-state index contributed by atoms with van der Waals surface area (Å²) in [7, 11) is -1.36. The van der Waals surface area contributed by atoms with Gasteiger partial charge in [-0.05, 0) is 18.2 Å². The van der Waals surface area contributed by atoms with E-state index in [0.29, 0.717) is 10.9 Å². The molecule has 33 heavy (non-hydrogen) atoms. The first kappa shape index (κ1) is 22.8. The second-order valence-electron chi connectivity index (χ2n) is 6.90. The molecule has 0 unspecified atom stereocenters. The van der Waals surface area contributed by atoms with Gasteiger partial charge in [0.1, 0.15) is 5.69 Å². The largest absolute Gasteiger partial charge is 0.493 e. The molecule has 0 aliphatic rings. The molecule has 2 heterocycles. The topological polar surface area (TPSA) is 82.5 Å². The van der Waals surface area contributed by atoms with E-state index < -0.39 is 27.3 Å². The molecule has 0 fully saturated rings. The van der Waals surface area contributed by atoms with Crippen molar-refractivity contribution in [3.05, 3.63) is 77.1 Å². The van der Waals surface area contributed by atoms with Crippen LogP contribution in [-0.2, 0) is 16.6 Å². The van der Waals surface area contributed by atoms with Crippen molar-refractivity contribution in [1.82, 2.24) is 8.96 Å². The molecular weight excluding hydrogens is 476 g/mol. The maximum Gasteiger partial charge on any atom is 0.269 e. The number of methoxy groups -OCH3 is 2. The molecule has 0 saturated carbocycles. The molecule has 0 saturated heterocycles. The van der Waals surface area contributed by atoms with Gasteiger partial charge in [-0.2, -0.15) is 0 Å². The van der Waals surface area contributed by atoms with Gasteiger partial charge in [0.2, 0.25) is 0 Å². The van der Waals surface area contributed by atoms with Gasteiger partial charge in [-0.3, -0.25) is 0 Å². The number of anilines is 1. The Balaban J connectivity index is 1.68. The molecule has 1 N–H and O–H groups in total. The van der Waals surface area contributed by atoms with Crippen molar-refractivity contribution in [2.45, 2.75) is 11.4 Å². The number of nitrogens with zero attached hydrogens (tertiary/aromatic N) is 2. The van der Waals surface area contributed by atoms with Gasteiger partial charge in [-0.1, -0.05) is 29.8 Å². The van der Waals surface area contributed by atoms with Crippen molar-refractivity contribution in [1.29, 1.82) is 0 Å². The lowest BCUT2D eigenvalue weighted by molar-refractivity contribution is 0.335. The SMILES string of the molecule is COc1cc(F)c(NCc2cnc3c(ccn3S(=O)(=O)c3ccccc3)c2Cl)c(F)c1OC. The first-order valence-electron chi connectivity index (χ1n) is 9.58. The number of hydrogen-bond acceptors (Lipinski definition) is 6. The molecule has 0 aliphatic carbocycles. The molecule has 0 amide bonds. The van der Waals surface area contributed by atoms with Crippen molar-refractivity contribution in [2.24, 2.45) is 0 Å². The third kappa shape index (κ3) is 3.96. The van der Waals surface area contributed by atoms with Crippen LogP contribution in [0.4, 0.5) is 14.5 Å². The minimum absolute atomic E-state index is 0.0816. The van der Waals surface area contributed by atoms with Crippen molar-refractivity contribution in [2.75, 3.05) is 19.5 Å². The number of fused-ring (bicyclic) bond motifs is 1. The molecule has 4 aromatic rings. The Morgan fingerprint density at radius 2 is 1.85 bits per heavy atom. The molecule has 0 aliphatic heterocycles. The molecule has 172 valence electrons. The van der Waals surface area contributed by atoms with Gasteiger partial charge in [-0.25, -0.2) is 26.2 Å². The Labute approximate surface area is 193 Å². The van der Waals surface area contributed by atoms with Crippen molar-refractivity contribution >= 4 is 38.3 Å². The van der Waals surface area contributed by atoms with Crippen LogP contribution in [0.3, 0.4) is 0 Å². The van der Waals surface area contributed by atoms with Crippen LogP contribution < -0.4 is 14.8 Å². The van der Waals surface area contributed by atoms with E-state index in [2.05, 4.69) is 10.3 Å². The van der Waals surface area contributed by atoms with Gasteiger partial charge in [0.05, 0.1) is 24.1 Å². The minimum Gasteiger partial charge on any atom is -0.493 e. The highest BCUT2D eigenvalue weighted by Gasteiger charge is 2.23. The van der Waals surface area contributed by atoms with Crippen LogP contribution >= 0.6 is 11.6 Å². The molecule has 11 heteroatoms. The Morgan fingerprint density at radius 3 is 2.52 bits per heavy atom. The van der Waals surface area contributed by atoms with Crippen LogP contribution in [0.2, 0.25) is 5.02 Å². The smallest absolute Gasteiger partial charge is 0.269 e. The van der Waals surface area contributed by atoms with Crippen molar-refractivity contribution < 1.29 is 26.7 Å². The number of hydrogen-bond donors (Lipinski definition) is 1. The fourth-order valence-corrected chi connectivity index (χ4v) is 4.95. The first-order chi connectivity index (χ1) is 15.8. The zero-order valence-corrected chi connectivity index (χ0v) is 19.0. The van der Waals surface area contributed by atoms with Crippen molar-refractivity contribution in [3.8, 4) is 11.5 Å². The molecular formula is C22H18ClF2N3O4S. The second kappa shape index (κ2) is 8.87. The summed E-state index contributed by atoms with van der Waals surface area (Å²) in [5, 5.41) is 3.24. The van der Waals surface area contributed by atoms with E-state index in [1.807, 2.05) is 0 Å². The maximum absolute atomic E-state index is 14.7. The van der Waals surface area contributed by atoms with E-state index in [1.165, 1.54) is 44.8 Å². The van der Waals surface area contributed by atoms with Gasteiger partial charge >= 0.3 is 0 Å². The molecule has 0 bridgehead atoms. The lowest BCUT2D eigenvalue weighted by Gasteiger charge is -2.15. The van der Waals surface area contributed by atoms with Crippen LogP contribution in [0.25, 0.3) is 11.0 Å². The number of benzene rings is 2. The summed E-state index contributed by atoms with van der Waals surface area (Å²) in [6.45, 7) is -0.0816. The Hall–Kier alpha value is -3.37. The number of rotatable bonds is 7. The molecule has 2 aromatic carbocycles. The third-order valence-electron chi connectivity index (χ3n) is 5.01. The van der Waals surface area contributed by atoms with E-state index in [-0.39, 0.29) is 33.6 Å². The van der Waals surface area contributed by atoms with Gasteiger partial charge in [-0.15, -0.1) is 0 Å². The number of nitrogens with one attached hydrogen (secondary N) is 1. The Kier molecular flexibility index (Phi) is 6.13. The molecule has 0 radical (unpaired) electrons. The highest BCUT2D eigenvalue weighted by molar-refractivity contribution is 7.90. The average molecular weight is 494 g/mol. The Morgan fingerprint density at radius 1 is 1.12 bits per heavy atom. The lowest BCUT2D eigenvalue weighted by atomic mass is 10.2. The third-order valence-corrected chi connectivity index (χ3v) is 7.13. The van der Waals surface area contributed by atoms with Crippen LogP contribution in [0, 0.1) is 11.6 Å². The van der Waals surface area contributed by atoms with Crippen LogP contribution in [0.15, 0.2) is 59.8 Å². The van der Waals surface area contributed by atoms with Crippen LogP contribution in [-0.4, -0.2) is 31.6 Å². The van der Waals surface area contributed by atoms with Gasteiger partial charge < -0.3 is 14.8 Å². The fraction of sp³-hybridized carbons (Fsp3) is 0.136. The number of halogens is 3. The summed E-state index contributed by atoms with van der Waals surface area (Å²) >= 11 is 6.48. The zero-order valence-electron chi connectivity index (χ0n) is 17.5. The average Bonchev–Trinajstić information content (AvgIpc) is 3.26. The van der Waals surface area contributed by atoms with E-state index in [0.717, 1.165) is 10.0 Å². The highest BCUT2D eigenvalue weighted by atomic mass is 35.5. The zero-order chi connectivity index (χ0) is 23.8. The van der Waals surface area contributed by atoms with Gasteiger partial charge in [0, 0.05) is 36.0 Å². The number of ether oxygens (including phenoxy) is 2. The summed E-state index contributed by atoms with van der Waals surface area (Å²) in [5.74, 6) is -2.17. The summed E-state index contributed by atoms with van der Waals surface area (Å²) < 4.78 is 66.0. The molecule has 4 rings (SSSR count). The highest BCUT2D eigenvalue weighted by Crippen LogP contribution is 2.37. The molecule has 0 atom stereocenters. The maximum atomic E-state index is 14.7. The minimum atomic E-state index is -3.88. The normalized spacial score (nSPS) is 11.5. The number of aromatic nitrogens is 2. The molecule has 2 aromatic heterocycles.